The lowest BCUT2D eigenvalue weighted by Crippen LogP contribution is -2.30. The Hall–Kier alpha value is -1.59. The van der Waals surface area contributed by atoms with Gasteiger partial charge in [-0.1, -0.05) is 29.8 Å². The van der Waals surface area contributed by atoms with E-state index in [4.69, 9.17) is 4.42 Å². The van der Waals surface area contributed by atoms with Crippen molar-refractivity contribution in [2.45, 2.75) is 19.1 Å². The first kappa shape index (κ1) is 14.8. The number of hydrogen-bond acceptors (Lipinski definition) is 3. The fraction of sp³-hybridized carbons (Fsp3) is 0.333. The molecule has 2 rings (SSSR count). The van der Waals surface area contributed by atoms with E-state index in [1.807, 2.05) is 37.3 Å². The van der Waals surface area contributed by atoms with Crippen LogP contribution in [0, 0.1) is 6.92 Å². The summed E-state index contributed by atoms with van der Waals surface area (Å²) in [6.45, 7) is 2.40. The lowest BCUT2D eigenvalue weighted by molar-refractivity contribution is 0.441. The Morgan fingerprint density at radius 1 is 1.15 bits per heavy atom. The molecule has 1 heterocycles. The van der Waals surface area contributed by atoms with E-state index in [-0.39, 0.29) is 5.75 Å². The van der Waals surface area contributed by atoms with Gasteiger partial charge in [0, 0.05) is 20.0 Å². The number of sulfonamides is 1. The minimum Gasteiger partial charge on any atom is -0.469 e. The van der Waals surface area contributed by atoms with Crippen molar-refractivity contribution in [3.8, 4) is 0 Å². The van der Waals surface area contributed by atoms with Crippen LogP contribution in [0.1, 0.15) is 16.9 Å². The summed E-state index contributed by atoms with van der Waals surface area (Å²) in [5.41, 5.74) is 1.93. The molecule has 0 atom stereocenters. The van der Waals surface area contributed by atoms with Gasteiger partial charge in [-0.2, -0.15) is 0 Å². The number of benzene rings is 1. The Bertz CT molecular complexity index is 630. The molecule has 0 amide bonds. The number of rotatable bonds is 6. The Morgan fingerprint density at radius 2 is 1.85 bits per heavy atom. The summed E-state index contributed by atoms with van der Waals surface area (Å²) in [5.74, 6) is 0.824. The van der Waals surface area contributed by atoms with Crippen molar-refractivity contribution in [1.29, 1.82) is 0 Å². The van der Waals surface area contributed by atoms with Gasteiger partial charge < -0.3 is 4.42 Å². The highest BCUT2D eigenvalue weighted by Gasteiger charge is 2.18. The number of likely N-dealkylation sites (N-methyl/N-ethyl adjacent to an activating group) is 1. The van der Waals surface area contributed by atoms with Crippen molar-refractivity contribution in [2.75, 3.05) is 13.6 Å². The molecular weight excluding hydrogens is 274 g/mol. The van der Waals surface area contributed by atoms with E-state index in [9.17, 15) is 8.42 Å². The van der Waals surface area contributed by atoms with E-state index in [1.54, 1.807) is 19.4 Å². The van der Waals surface area contributed by atoms with Gasteiger partial charge in [0.05, 0.1) is 12.0 Å². The van der Waals surface area contributed by atoms with Crippen LogP contribution in [0.25, 0.3) is 0 Å². The summed E-state index contributed by atoms with van der Waals surface area (Å²) in [6, 6.07) is 11.2. The Labute approximate surface area is 120 Å². The molecule has 0 spiro atoms. The first-order chi connectivity index (χ1) is 9.47. The maximum atomic E-state index is 12.2. The second-order valence-corrected chi connectivity index (χ2v) is 6.97. The van der Waals surface area contributed by atoms with Crippen LogP contribution < -0.4 is 0 Å². The average molecular weight is 293 g/mol. The number of hydrogen-bond donors (Lipinski definition) is 0. The van der Waals surface area contributed by atoms with Crippen LogP contribution in [-0.2, 0) is 22.2 Å². The van der Waals surface area contributed by atoms with Crippen molar-refractivity contribution in [3.63, 3.8) is 0 Å². The quantitative estimate of drug-likeness (QED) is 0.822. The van der Waals surface area contributed by atoms with Crippen LogP contribution in [0.5, 0.6) is 0 Å². The fourth-order valence-electron chi connectivity index (χ4n) is 1.87. The molecular formula is C15H19NO3S. The molecule has 20 heavy (non-hydrogen) atoms. The van der Waals surface area contributed by atoms with Gasteiger partial charge in [-0.05, 0) is 24.6 Å². The van der Waals surface area contributed by atoms with Gasteiger partial charge in [0.1, 0.15) is 5.76 Å². The van der Waals surface area contributed by atoms with Gasteiger partial charge in [-0.15, -0.1) is 0 Å². The van der Waals surface area contributed by atoms with E-state index >= 15 is 0 Å². The van der Waals surface area contributed by atoms with Crippen LogP contribution in [0.3, 0.4) is 0 Å². The molecule has 0 N–H and O–H groups in total. The third-order valence-corrected chi connectivity index (χ3v) is 5.03. The molecule has 108 valence electrons. The van der Waals surface area contributed by atoms with Crippen molar-refractivity contribution in [2.24, 2.45) is 0 Å². The summed E-state index contributed by atoms with van der Waals surface area (Å²) in [6.07, 6.45) is 2.17. The minimum absolute atomic E-state index is 0.0297. The molecule has 2 aromatic rings. The highest BCUT2D eigenvalue weighted by molar-refractivity contribution is 7.88. The third-order valence-electron chi connectivity index (χ3n) is 3.20. The molecule has 0 radical (unpaired) electrons. The SMILES string of the molecule is Cc1ccc(CS(=O)(=O)N(C)CCc2ccco2)cc1. The summed E-state index contributed by atoms with van der Waals surface area (Å²) in [7, 11) is -1.68. The van der Waals surface area contributed by atoms with Crippen molar-refractivity contribution in [3.05, 3.63) is 59.5 Å². The molecule has 5 heteroatoms. The highest BCUT2D eigenvalue weighted by atomic mass is 32.2. The standard InChI is InChI=1S/C15H19NO3S/c1-13-5-7-14(8-6-13)12-20(17,18)16(2)10-9-15-4-3-11-19-15/h3-8,11H,9-10,12H2,1-2H3. The predicted molar refractivity (Wildman–Crippen MR) is 78.8 cm³/mol. The molecule has 1 aromatic heterocycles. The average Bonchev–Trinajstić information content (AvgIpc) is 2.91. The van der Waals surface area contributed by atoms with Crippen molar-refractivity contribution >= 4 is 10.0 Å². The first-order valence-corrected chi connectivity index (χ1v) is 8.10. The second kappa shape index (κ2) is 6.24. The van der Waals surface area contributed by atoms with Gasteiger partial charge in [-0.25, -0.2) is 12.7 Å². The predicted octanol–water partition coefficient (Wildman–Crippen LogP) is 2.59. The Kier molecular flexibility index (Phi) is 4.62. The smallest absolute Gasteiger partial charge is 0.218 e. The number of furan rings is 1. The van der Waals surface area contributed by atoms with Gasteiger partial charge in [0.15, 0.2) is 0 Å². The summed E-state index contributed by atoms with van der Waals surface area (Å²) in [5, 5.41) is 0. The van der Waals surface area contributed by atoms with E-state index in [0.717, 1.165) is 16.9 Å². The topological polar surface area (TPSA) is 50.5 Å². The van der Waals surface area contributed by atoms with Gasteiger partial charge in [0.2, 0.25) is 10.0 Å². The maximum Gasteiger partial charge on any atom is 0.218 e. The Balaban J connectivity index is 1.96. The lowest BCUT2D eigenvalue weighted by Gasteiger charge is -2.16. The van der Waals surface area contributed by atoms with E-state index < -0.39 is 10.0 Å². The van der Waals surface area contributed by atoms with Gasteiger partial charge >= 0.3 is 0 Å². The molecule has 0 aliphatic heterocycles. The second-order valence-electron chi connectivity index (χ2n) is 4.89. The van der Waals surface area contributed by atoms with Crippen molar-refractivity contribution in [1.82, 2.24) is 4.31 Å². The molecule has 4 nitrogen and oxygen atoms in total. The van der Waals surface area contributed by atoms with E-state index in [1.165, 1.54) is 4.31 Å². The molecule has 0 aliphatic carbocycles. The van der Waals surface area contributed by atoms with E-state index in [2.05, 4.69) is 0 Å². The van der Waals surface area contributed by atoms with Crippen LogP contribution in [0.4, 0.5) is 0 Å². The molecule has 0 saturated carbocycles. The normalized spacial score (nSPS) is 11.9. The molecule has 1 aromatic carbocycles. The summed E-state index contributed by atoms with van der Waals surface area (Å²) >= 11 is 0. The zero-order chi connectivity index (χ0) is 14.6. The van der Waals surface area contributed by atoms with Crippen LogP contribution in [0.15, 0.2) is 47.1 Å². The van der Waals surface area contributed by atoms with E-state index in [0.29, 0.717) is 13.0 Å². The monoisotopic (exact) mass is 293 g/mol. The molecule has 0 fully saturated rings. The van der Waals surface area contributed by atoms with Crippen LogP contribution in [-0.4, -0.2) is 26.3 Å². The van der Waals surface area contributed by atoms with Crippen molar-refractivity contribution < 1.29 is 12.8 Å². The zero-order valence-electron chi connectivity index (χ0n) is 11.7. The molecule has 0 aliphatic rings. The zero-order valence-corrected chi connectivity index (χ0v) is 12.6. The summed E-state index contributed by atoms with van der Waals surface area (Å²) < 4.78 is 31.1. The molecule has 0 bridgehead atoms. The summed E-state index contributed by atoms with van der Waals surface area (Å²) in [4.78, 5) is 0. The van der Waals surface area contributed by atoms with Gasteiger partial charge in [-0.3, -0.25) is 0 Å². The van der Waals surface area contributed by atoms with Crippen LogP contribution in [0.2, 0.25) is 0 Å². The number of nitrogens with zero attached hydrogens (tertiary/aromatic N) is 1. The molecule has 0 unspecified atom stereocenters. The minimum atomic E-state index is -3.29. The maximum absolute atomic E-state index is 12.2. The lowest BCUT2D eigenvalue weighted by atomic mass is 10.2. The Morgan fingerprint density at radius 3 is 2.45 bits per heavy atom. The first-order valence-electron chi connectivity index (χ1n) is 6.49. The third kappa shape index (κ3) is 3.95. The van der Waals surface area contributed by atoms with Crippen LogP contribution >= 0.6 is 0 Å². The highest BCUT2D eigenvalue weighted by Crippen LogP contribution is 2.12. The molecule has 0 saturated heterocycles. The number of aryl methyl sites for hydroxylation is 1. The fourth-order valence-corrected chi connectivity index (χ4v) is 3.07. The van der Waals surface area contributed by atoms with Gasteiger partial charge in [0.25, 0.3) is 0 Å². The largest absolute Gasteiger partial charge is 0.469 e.